The van der Waals surface area contributed by atoms with E-state index in [1.54, 1.807) is 17.7 Å². The van der Waals surface area contributed by atoms with E-state index in [2.05, 4.69) is 49.1 Å². The first-order valence-corrected chi connectivity index (χ1v) is 9.55. The van der Waals surface area contributed by atoms with Crippen molar-refractivity contribution in [1.82, 2.24) is 14.9 Å². The molecular weight excluding hydrogens is 344 g/mol. The van der Waals surface area contributed by atoms with E-state index in [0.29, 0.717) is 0 Å². The standard InChI is InChI=1S/C20H20N4OS/c25-11-3-4-16-12-17(26-14-16)13-23-7-9-24(10-8-23)20-18-5-1-2-6-19(18)21-15-22-20/h1-2,5-6,12,14-15,25H,7-11,13H2. The van der Waals surface area contributed by atoms with Crippen molar-refractivity contribution >= 4 is 28.1 Å². The molecule has 0 saturated carbocycles. The first-order valence-electron chi connectivity index (χ1n) is 8.67. The molecule has 1 N–H and O–H groups in total. The lowest BCUT2D eigenvalue weighted by Crippen LogP contribution is -2.46. The molecule has 0 unspecified atom stereocenters. The second kappa shape index (κ2) is 7.83. The third kappa shape index (κ3) is 3.70. The Balaban J connectivity index is 1.40. The molecule has 0 radical (unpaired) electrons. The molecule has 4 rings (SSSR count). The lowest BCUT2D eigenvalue weighted by atomic mass is 10.2. The second-order valence-corrected chi connectivity index (χ2v) is 7.23. The number of piperazine rings is 1. The molecule has 0 bridgehead atoms. The molecule has 6 heteroatoms. The van der Waals surface area contributed by atoms with E-state index in [0.717, 1.165) is 55.0 Å². The highest BCUT2D eigenvalue weighted by atomic mass is 32.1. The van der Waals surface area contributed by atoms with E-state index in [1.807, 2.05) is 18.2 Å². The summed E-state index contributed by atoms with van der Waals surface area (Å²) in [7, 11) is 0. The highest BCUT2D eigenvalue weighted by molar-refractivity contribution is 7.10. The minimum Gasteiger partial charge on any atom is -0.384 e. The lowest BCUT2D eigenvalue weighted by Gasteiger charge is -2.35. The molecule has 2 aromatic heterocycles. The Bertz CT molecular complexity index is 946. The van der Waals surface area contributed by atoms with E-state index in [1.165, 1.54) is 4.88 Å². The van der Waals surface area contributed by atoms with Crippen LogP contribution in [-0.2, 0) is 6.54 Å². The van der Waals surface area contributed by atoms with Gasteiger partial charge in [0.05, 0.1) is 5.52 Å². The third-order valence-electron chi connectivity index (χ3n) is 4.54. The normalized spacial score (nSPS) is 15.0. The third-order valence-corrected chi connectivity index (χ3v) is 5.46. The van der Waals surface area contributed by atoms with Gasteiger partial charge in [-0.15, -0.1) is 11.3 Å². The van der Waals surface area contributed by atoms with E-state index in [4.69, 9.17) is 5.11 Å². The van der Waals surface area contributed by atoms with Crippen molar-refractivity contribution in [2.45, 2.75) is 6.54 Å². The smallest absolute Gasteiger partial charge is 0.139 e. The van der Waals surface area contributed by atoms with Crippen LogP contribution in [0.4, 0.5) is 5.82 Å². The van der Waals surface area contributed by atoms with Gasteiger partial charge in [0, 0.05) is 53.9 Å². The fourth-order valence-electron chi connectivity index (χ4n) is 3.25. The Kier molecular flexibility index (Phi) is 5.12. The van der Waals surface area contributed by atoms with Crippen LogP contribution in [0.5, 0.6) is 0 Å². The van der Waals surface area contributed by atoms with Gasteiger partial charge in [0.25, 0.3) is 0 Å². The number of aromatic nitrogens is 2. The van der Waals surface area contributed by atoms with Crippen molar-refractivity contribution < 1.29 is 5.11 Å². The second-order valence-electron chi connectivity index (χ2n) is 6.24. The van der Waals surface area contributed by atoms with Gasteiger partial charge in [-0.2, -0.15) is 0 Å². The number of rotatable bonds is 3. The van der Waals surface area contributed by atoms with Crippen molar-refractivity contribution in [3.63, 3.8) is 0 Å². The van der Waals surface area contributed by atoms with Crippen LogP contribution in [-0.4, -0.2) is 52.8 Å². The molecular formula is C20H20N4OS. The van der Waals surface area contributed by atoms with Crippen LogP contribution in [0.2, 0.25) is 0 Å². The minimum atomic E-state index is -0.0924. The van der Waals surface area contributed by atoms with Gasteiger partial charge in [-0.25, -0.2) is 9.97 Å². The Morgan fingerprint density at radius 3 is 2.81 bits per heavy atom. The quantitative estimate of drug-likeness (QED) is 0.723. The van der Waals surface area contributed by atoms with Gasteiger partial charge < -0.3 is 10.0 Å². The Hall–Kier alpha value is -2.46. The van der Waals surface area contributed by atoms with Gasteiger partial charge in [-0.05, 0) is 18.2 Å². The molecule has 0 spiro atoms. The van der Waals surface area contributed by atoms with Crippen LogP contribution in [0.3, 0.4) is 0 Å². The number of para-hydroxylation sites is 1. The number of hydrogen-bond acceptors (Lipinski definition) is 6. The summed E-state index contributed by atoms with van der Waals surface area (Å²) in [4.78, 5) is 15.0. The average Bonchev–Trinajstić information content (AvgIpc) is 3.14. The first-order chi connectivity index (χ1) is 12.8. The molecule has 132 valence electrons. The maximum absolute atomic E-state index is 8.79. The van der Waals surface area contributed by atoms with Crippen LogP contribution in [0, 0.1) is 11.8 Å². The predicted molar refractivity (Wildman–Crippen MR) is 105 cm³/mol. The predicted octanol–water partition coefficient (Wildman–Crippen LogP) is 2.36. The van der Waals surface area contributed by atoms with Crippen molar-refractivity contribution in [2.75, 3.05) is 37.7 Å². The summed E-state index contributed by atoms with van der Waals surface area (Å²) in [6.07, 6.45) is 1.66. The van der Waals surface area contributed by atoms with Crippen molar-refractivity contribution in [2.24, 2.45) is 0 Å². The largest absolute Gasteiger partial charge is 0.384 e. The summed E-state index contributed by atoms with van der Waals surface area (Å²) in [6, 6.07) is 10.3. The minimum absolute atomic E-state index is 0.0924. The Labute approximate surface area is 156 Å². The molecule has 1 aliphatic rings. The SMILES string of the molecule is OCC#Cc1csc(CN2CCN(c3ncnc4ccccc34)CC2)c1. The molecule has 0 atom stereocenters. The van der Waals surface area contributed by atoms with Crippen LogP contribution < -0.4 is 4.90 Å². The van der Waals surface area contributed by atoms with Crippen molar-refractivity contribution in [1.29, 1.82) is 0 Å². The molecule has 0 amide bonds. The summed E-state index contributed by atoms with van der Waals surface area (Å²) in [6.45, 7) is 4.80. The number of hydrogen-bond donors (Lipinski definition) is 1. The molecule has 1 saturated heterocycles. The fourth-order valence-corrected chi connectivity index (χ4v) is 4.11. The summed E-state index contributed by atoms with van der Waals surface area (Å²) in [5, 5.41) is 12.0. The Morgan fingerprint density at radius 2 is 1.96 bits per heavy atom. The monoisotopic (exact) mass is 364 g/mol. The van der Waals surface area contributed by atoms with Gasteiger partial charge >= 0.3 is 0 Å². The molecule has 5 nitrogen and oxygen atoms in total. The maximum Gasteiger partial charge on any atom is 0.139 e. The number of aliphatic hydroxyl groups excluding tert-OH is 1. The van der Waals surface area contributed by atoms with Gasteiger partial charge in [0.2, 0.25) is 0 Å². The first kappa shape index (κ1) is 17.0. The van der Waals surface area contributed by atoms with Gasteiger partial charge in [-0.3, -0.25) is 4.90 Å². The number of thiophene rings is 1. The van der Waals surface area contributed by atoms with E-state index in [-0.39, 0.29) is 6.61 Å². The zero-order valence-corrected chi connectivity index (χ0v) is 15.2. The van der Waals surface area contributed by atoms with Crippen LogP contribution in [0.15, 0.2) is 42.0 Å². The highest BCUT2D eigenvalue weighted by Crippen LogP contribution is 2.24. The molecule has 0 aliphatic carbocycles. The molecule has 3 aromatic rings. The van der Waals surface area contributed by atoms with Gasteiger partial charge in [0.1, 0.15) is 18.8 Å². The van der Waals surface area contributed by atoms with Gasteiger partial charge in [-0.1, -0.05) is 24.0 Å². The zero-order chi connectivity index (χ0) is 17.8. The molecule has 26 heavy (non-hydrogen) atoms. The number of fused-ring (bicyclic) bond motifs is 1. The summed E-state index contributed by atoms with van der Waals surface area (Å²) < 4.78 is 0. The number of nitrogens with zero attached hydrogens (tertiary/aromatic N) is 4. The molecule has 3 heterocycles. The van der Waals surface area contributed by atoms with Gasteiger partial charge in [0.15, 0.2) is 0 Å². The van der Waals surface area contributed by atoms with Crippen molar-refractivity contribution in [3.8, 4) is 11.8 Å². The summed E-state index contributed by atoms with van der Waals surface area (Å²) >= 11 is 1.73. The number of benzene rings is 1. The zero-order valence-electron chi connectivity index (χ0n) is 14.4. The van der Waals surface area contributed by atoms with E-state index >= 15 is 0 Å². The maximum atomic E-state index is 8.79. The van der Waals surface area contributed by atoms with E-state index in [9.17, 15) is 0 Å². The summed E-state index contributed by atoms with van der Waals surface area (Å²) in [5.41, 5.74) is 1.99. The number of aliphatic hydroxyl groups is 1. The fraction of sp³-hybridized carbons (Fsp3) is 0.300. The van der Waals surface area contributed by atoms with Crippen molar-refractivity contribution in [3.05, 3.63) is 52.5 Å². The molecule has 1 fully saturated rings. The highest BCUT2D eigenvalue weighted by Gasteiger charge is 2.20. The number of anilines is 1. The van der Waals surface area contributed by atoms with Crippen LogP contribution in [0.1, 0.15) is 10.4 Å². The summed E-state index contributed by atoms with van der Waals surface area (Å²) in [5.74, 6) is 6.70. The average molecular weight is 364 g/mol. The lowest BCUT2D eigenvalue weighted by molar-refractivity contribution is 0.251. The van der Waals surface area contributed by atoms with Crippen LogP contribution >= 0.6 is 11.3 Å². The molecule has 1 aromatic carbocycles. The molecule has 1 aliphatic heterocycles. The Morgan fingerprint density at radius 1 is 1.12 bits per heavy atom. The topological polar surface area (TPSA) is 52.5 Å². The van der Waals surface area contributed by atoms with Crippen LogP contribution in [0.25, 0.3) is 10.9 Å². The van der Waals surface area contributed by atoms with E-state index < -0.39 is 0 Å².